The molecule has 2 atom stereocenters. The minimum atomic E-state index is -1.03. The van der Waals surface area contributed by atoms with E-state index >= 15 is 0 Å². The highest BCUT2D eigenvalue weighted by atomic mass is 16.5. The van der Waals surface area contributed by atoms with Crippen molar-refractivity contribution in [1.29, 1.82) is 0 Å². The Morgan fingerprint density at radius 2 is 2.11 bits per heavy atom. The number of nitrogens with one attached hydrogen (secondary N) is 1. The first kappa shape index (κ1) is 14.8. The summed E-state index contributed by atoms with van der Waals surface area (Å²) in [5, 5.41) is 11.7. The number of ether oxygens (including phenoxy) is 1. The van der Waals surface area contributed by atoms with Gasteiger partial charge in [0.2, 0.25) is 0 Å². The number of aliphatic carboxylic acids is 1. The predicted octanol–water partition coefficient (Wildman–Crippen LogP) is 0.916. The second kappa shape index (κ2) is 6.58. The number of amides is 2. The van der Waals surface area contributed by atoms with Crippen LogP contribution in [-0.2, 0) is 9.53 Å². The maximum atomic E-state index is 11.9. The molecular formula is C12H22N2O4. The van der Waals surface area contributed by atoms with E-state index < -0.39 is 12.1 Å². The molecule has 1 aliphatic heterocycles. The zero-order valence-electron chi connectivity index (χ0n) is 11.2. The molecule has 0 aromatic carbocycles. The molecular weight excluding hydrogens is 236 g/mol. The standard InChI is InChI=1S/C12H22N2O4/c1-8(2)6-9(3)13-12(17)14-4-5-18-10(7-14)11(15)16/h8-10H,4-7H2,1-3H3,(H,13,17)(H,15,16). The third-order valence-corrected chi connectivity index (χ3v) is 2.82. The number of hydrogen-bond donors (Lipinski definition) is 2. The molecule has 104 valence electrons. The quantitative estimate of drug-likeness (QED) is 0.785. The van der Waals surface area contributed by atoms with Crippen molar-refractivity contribution in [1.82, 2.24) is 10.2 Å². The maximum Gasteiger partial charge on any atom is 0.334 e. The van der Waals surface area contributed by atoms with Gasteiger partial charge in [0, 0.05) is 12.6 Å². The van der Waals surface area contributed by atoms with E-state index in [0.29, 0.717) is 12.5 Å². The van der Waals surface area contributed by atoms with Crippen LogP contribution in [0.3, 0.4) is 0 Å². The second-order valence-electron chi connectivity index (χ2n) is 5.12. The average Bonchev–Trinajstić information content (AvgIpc) is 2.27. The van der Waals surface area contributed by atoms with Gasteiger partial charge >= 0.3 is 12.0 Å². The molecule has 1 heterocycles. The molecule has 2 unspecified atom stereocenters. The van der Waals surface area contributed by atoms with Gasteiger partial charge in [0.25, 0.3) is 0 Å². The molecule has 0 aromatic heterocycles. The van der Waals surface area contributed by atoms with Gasteiger partial charge in [0.15, 0.2) is 6.10 Å². The highest BCUT2D eigenvalue weighted by Crippen LogP contribution is 2.08. The SMILES string of the molecule is CC(C)CC(C)NC(=O)N1CCOC(C(=O)O)C1. The van der Waals surface area contributed by atoms with Crippen LogP contribution in [0.5, 0.6) is 0 Å². The summed E-state index contributed by atoms with van der Waals surface area (Å²) in [6, 6.07) is -0.124. The summed E-state index contributed by atoms with van der Waals surface area (Å²) in [5.41, 5.74) is 0. The largest absolute Gasteiger partial charge is 0.479 e. The summed E-state index contributed by atoms with van der Waals surface area (Å²) in [4.78, 5) is 24.2. The minimum absolute atomic E-state index is 0.0867. The van der Waals surface area contributed by atoms with Gasteiger partial charge in [0.05, 0.1) is 13.2 Å². The van der Waals surface area contributed by atoms with Crippen LogP contribution in [0.1, 0.15) is 27.2 Å². The van der Waals surface area contributed by atoms with Crippen LogP contribution >= 0.6 is 0 Å². The molecule has 0 spiro atoms. The zero-order chi connectivity index (χ0) is 13.7. The van der Waals surface area contributed by atoms with E-state index in [4.69, 9.17) is 9.84 Å². The molecule has 1 saturated heterocycles. The van der Waals surface area contributed by atoms with E-state index in [9.17, 15) is 9.59 Å². The Morgan fingerprint density at radius 1 is 1.44 bits per heavy atom. The summed E-state index contributed by atoms with van der Waals surface area (Å²) < 4.78 is 5.07. The third-order valence-electron chi connectivity index (χ3n) is 2.82. The number of rotatable bonds is 4. The lowest BCUT2D eigenvalue weighted by atomic mass is 10.1. The fraction of sp³-hybridized carbons (Fsp3) is 0.833. The summed E-state index contributed by atoms with van der Waals surface area (Å²) in [6.45, 7) is 6.95. The van der Waals surface area contributed by atoms with Gasteiger partial charge in [-0.15, -0.1) is 0 Å². The van der Waals surface area contributed by atoms with E-state index in [1.807, 2.05) is 6.92 Å². The number of morpholine rings is 1. The molecule has 18 heavy (non-hydrogen) atoms. The van der Waals surface area contributed by atoms with Gasteiger partial charge in [-0.1, -0.05) is 13.8 Å². The summed E-state index contributed by atoms with van der Waals surface area (Å²) in [5.74, 6) is -0.514. The molecule has 0 radical (unpaired) electrons. The van der Waals surface area contributed by atoms with Gasteiger partial charge in [-0.05, 0) is 19.3 Å². The van der Waals surface area contributed by atoms with E-state index in [2.05, 4.69) is 19.2 Å². The number of carbonyl (C=O) groups is 2. The molecule has 1 aliphatic rings. The number of carboxylic acid groups (broad SMARTS) is 1. The minimum Gasteiger partial charge on any atom is -0.479 e. The lowest BCUT2D eigenvalue weighted by Crippen LogP contribution is -2.53. The van der Waals surface area contributed by atoms with Crippen LogP contribution in [0.2, 0.25) is 0 Å². The predicted molar refractivity (Wildman–Crippen MR) is 66.4 cm³/mol. The molecule has 0 saturated carbocycles. The monoisotopic (exact) mass is 258 g/mol. The van der Waals surface area contributed by atoms with Crippen molar-refractivity contribution in [2.75, 3.05) is 19.7 Å². The molecule has 0 aliphatic carbocycles. The first-order valence-corrected chi connectivity index (χ1v) is 6.30. The van der Waals surface area contributed by atoms with Crippen molar-refractivity contribution in [3.8, 4) is 0 Å². The van der Waals surface area contributed by atoms with Crippen LogP contribution in [0.4, 0.5) is 4.79 Å². The van der Waals surface area contributed by atoms with Gasteiger partial charge in [0.1, 0.15) is 0 Å². The van der Waals surface area contributed by atoms with Crippen LogP contribution in [0.15, 0.2) is 0 Å². The van der Waals surface area contributed by atoms with Crippen LogP contribution in [-0.4, -0.2) is 53.8 Å². The Kier molecular flexibility index (Phi) is 5.40. The fourth-order valence-corrected chi connectivity index (χ4v) is 2.05. The Morgan fingerprint density at radius 3 is 2.67 bits per heavy atom. The molecule has 1 rings (SSSR count). The van der Waals surface area contributed by atoms with Gasteiger partial charge < -0.3 is 20.1 Å². The van der Waals surface area contributed by atoms with E-state index in [0.717, 1.165) is 6.42 Å². The van der Waals surface area contributed by atoms with Crippen LogP contribution in [0.25, 0.3) is 0 Å². The van der Waals surface area contributed by atoms with Crippen LogP contribution in [0, 0.1) is 5.92 Å². The van der Waals surface area contributed by atoms with Gasteiger partial charge in [-0.3, -0.25) is 0 Å². The smallest absolute Gasteiger partial charge is 0.334 e. The van der Waals surface area contributed by atoms with E-state index in [-0.39, 0.29) is 25.2 Å². The van der Waals surface area contributed by atoms with Crippen molar-refractivity contribution < 1.29 is 19.4 Å². The van der Waals surface area contributed by atoms with E-state index in [1.165, 1.54) is 4.90 Å². The first-order chi connectivity index (χ1) is 8.40. The Hall–Kier alpha value is -1.30. The molecule has 0 aromatic rings. The van der Waals surface area contributed by atoms with Gasteiger partial charge in [-0.25, -0.2) is 9.59 Å². The number of carboxylic acids is 1. The lowest BCUT2D eigenvalue weighted by molar-refractivity contribution is -0.154. The van der Waals surface area contributed by atoms with E-state index in [1.54, 1.807) is 0 Å². The fourth-order valence-electron chi connectivity index (χ4n) is 2.05. The maximum absolute atomic E-state index is 11.9. The lowest BCUT2D eigenvalue weighted by Gasteiger charge is -2.32. The van der Waals surface area contributed by atoms with Crippen molar-refractivity contribution >= 4 is 12.0 Å². The Bertz CT molecular complexity index is 306. The van der Waals surface area contributed by atoms with Crippen molar-refractivity contribution in [2.24, 2.45) is 5.92 Å². The molecule has 6 nitrogen and oxygen atoms in total. The molecule has 1 fully saturated rings. The number of hydrogen-bond acceptors (Lipinski definition) is 3. The van der Waals surface area contributed by atoms with Gasteiger partial charge in [-0.2, -0.15) is 0 Å². The van der Waals surface area contributed by atoms with Crippen molar-refractivity contribution in [3.63, 3.8) is 0 Å². The average molecular weight is 258 g/mol. The summed E-state index contributed by atoms with van der Waals surface area (Å²) >= 11 is 0. The summed E-state index contributed by atoms with van der Waals surface area (Å²) in [7, 11) is 0. The first-order valence-electron chi connectivity index (χ1n) is 6.30. The zero-order valence-corrected chi connectivity index (χ0v) is 11.2. The number of urea groups is 1. The molecule has 2 N–H and O–H groups in total. The Balaban J connectivity index is 2.43. The number of nitrogens with zero attached hydrogens (tertiary/aromatic N) is 1. The highest BCUT2D eigenvalue weighted by molar-refractivity contribution is 5.77. The highest BCUT2D eigenvalue weighted by Gasteiger charge is 2.29. The van der Waals surface area contributed by atoms with Crippen LogP contribution < -0.4 is 5.32 Å². The second-order valence-corrected chi connectivity index (χ2v) is 5.12. The Labute approximate surface area is 107 Å². The molecule has 0 bridgehead atoms. The number of carbonyl (C=O) groups excluding carboxylic acids is 1. The normalized spacial score (nSPS) is 21.8. The third kappa shape index (κ3) is 4.52. The summed E-state index contributed by atoms with van der Waals surface area (Å²) in [6.07, 6.45) is -0.0109. The van der Waals surface area contributed by atoms with Crippen molar-refractivity contribution in [2.45, 2.75) is 39.3 Å². The van der Waals surface area contributed by atoms with Crippen molar-refractivity contribution in [3.05, 3.63) is 0 Å². The molecule has 2 amide bonds. The topological polar surface area (TPSA) is 78.9 Å². The molecule has 6 heteroatoms.